The zero-order valence-electron chi connectivity index (χ0n) is 9.13. The zero-order chi connectivity index (χ0) is 11.9. The SMILES string of the molecule is CC(C)C(N)c1cc2c(F)cc(F)cc2o1. The summed E-state index contributed by atoms with van der Waals surface area (Å²) in [5.74, 6) is -0.618. The van der Waals surface area contributed by atoms with Gasteiger partial charge in [-0.05, 0) is 12.0 Å². The highest BCUT2D eigenvalue weighted by atomic mass is 19.1. The summed E-state index contributed by atoms with van der Waals surface area (Å²) >= 11 is 0. The second-order valence-electron chi connectivity index (χ2n) is 4.22. The van der Waals surface area contributed by atoms with Gasteiger partial charge in [-0.15, -0.1) is 0 Å². The van der Waals surface area contributed by atoms with Crippen LogP contribution in [0.25, 0.3) is 11.0 Å². The molecule has 4 heteroatoms. The first kappa shape index (κ1) is 11.1. The van der Waals surface area contributed by atoms with Crippen molar-refractivity contribution in [1.29, 1.82) is 0 Å². The Balaban J connectivity index is 2.56. The number of fused-ring (bicyclic) bond motifs is 1. The van der Waals surface area contributed by atoms with Gasteiger partial charge >= 0.3 is 0 Å². The van der Waals surface area contributed by atoms with Crippen LogP contribution in [0.4, 0.5) is 8.78 Å². The fourth-order valence-corrected chi connectivity index (χ4v) is 1.58. The van der Waals surface area contributed by atoms with E-state index in [1.165, 1.54) is 6.07 Å². The van der Waals surface area contributed by atoms with Crippen molar-refractivity contribution >= 4 is 11.0 Å². The van der Waals surface area contributed by atoms with Crippen molar-refractivity contribution in [3.63, 3.8) is 0 Å². The fraction of sp³-hybridized carbons (Fsp3) is 0.333. The summed E-state index contributed by atoms with van der Waals surface area (Å²) in [7, 11) is 0. The van der Waals surface area contributed by atoms with Gasteiger partial charge in [-0.25, -0.2) is 8.78 Å². The van der Waals surface area contributed by atoms with E-state index in [-0.39, 0.29) is 22.9 Å². The Labute approximate surface area is 92.0 Å². The van der Waals surface area contributed by atoms with Crippen molar-refractivity contribution < 1.29 is 13.2 Å². The molecule has 1 unspecified atom stereocenters. The summed E-state index contributed by atoms with van der Waals surface area (Å²) in [5.41, 5.74) is 6.08. The van der Waals surface area contributed by atoms with Crippen molar-refractivity contribution in [2.45, 2.75) is 19.9 Å². The predicted molar refractivity (Wildman–Crippen MR) is 57.9 cm³/mol. The molecule has 0 saturated carbocycles. The Kier molecular flexibility index (Phi) is 2.68. The van der Waals surface area contributed by atoms with Gasteiger partial charge in [-0.2, -0.15) is 0 Å². The Morgan fingerprint density at radius 3 is 2.50 bits per heavy atom. The molecule has 1 atom stereocenters. The van der Waals surface area contributed by atoms with Gasteiger partial charge in [0.2, 0.25) is 0 Å². The van der Waals surface area contributed by atoms with E-state index in [0.717, 1.165) is 12.1 Å². The van der Waals surface area contributed by atoms with Gasteiger partial charge in [-0.3, -0.25) is 0 Å². The van der Waals surface area contributed by atoms with E-state index >= 15 is 0 Å². The molecular weight excluding hydrogens is 212 g/mol. The molecule has 0 aliphatic carbocycles. The molecule has 0 saturated heterocycles. The minimum Gasteiger partial charge on any atom is -0.459 e. The first-order valence-electron chi connectivity index (χ1n) is 5.13. The first-order valence-corrected chi connectivity index (χ1v) is 5.13. The topological polar surface area (TPSA) is 39.2 Å². The van der Waals surface area contributed by atoms with E-state index in [1.54, 1.807) is 0 Å². The van der Waals surface area contributed by atoms with Gasteiger partial charge in [0, 0.05) is 12.1 Å². The van der Waals surface area contributed by atoms with E-state index in [4.69, 9.17) is 10.2 Å². The second-order valence-corrected chi connectivity index (χ2v) is 4.22. The molecule has 2 rings (SSSR count). The Bertz CT molecular complexity index is 519. The molecule has 0 bridgehead atoms. The van der Waals surface area contributed by atoms with Crippen LogP contribution in [0.5, 0.6) is 0 Å². The van der Waals surface area contributed by atoms with E-state index in [9.17, 15) is 8.78 Å². The molecule has 0 aliphatic rings. The average molecular weight is 225 g/mol. The van der Waals surface area contributed by atoms with Crippen LogP contribution in [0.15, 0.2) is 22.6 Å². The minimum absolute atomic E-state index is 0.175. The van der Waals surface area contributed by atoms with Gasteiger partial charge in [0.1, 0.15) is 23.0 Å². The Morgan fingerprint density at radius 1 is 1.19 bits per heavy atom. The van der Waals surface area contributed by atoms with Crippen LogP contribution in [0, 0.1) is 17.6 Å². The maximum Gasteiger partial charge on any atom is 0.140 e. The van der Waals surface area contributed by atoms with E-state index < -0.39 is 11.6 Å². The van der Waals surface area contributed by atoms with E-state index in [0.29, 0.717) is 5.76 Å². The third-order valence-corrected chi connectivity index (χ3v) is 2.62. The van der Waals surface area contributed by atoms with E-state index in [2.05, 4.69) is 0 Å². The number of hydrogen-bond donors (Lipinski definition) is 1. The second kappa shape index (κ2) is 3.87. The number of hydrogen-bond acceptors (Lipinski definition) is 2. The van der Waals surface area contributed by atoms with Crippen LogP contribution < -0.4 is 5.73 Å². The summed E-state index contributed by atoms with van der Waals surface area (Å²) in [6, 6.07) is 3.22. The Morgan fingerprint density at radius 2 is 1.88 bits per heavy atom. The van der Waals surface area contributed by atoms with Crippen molar-refractivity contribution in [3.05, 3.63) is 35.6 Å². The van der Waals surface area contributed by atoms with Crippen LogP contribution in [-0.2, 0) is 0 Å². The maximum absolute atomic E-state index is 13.4. The highest BCUT2D eigenvalue weighted by Crippen LogP contribution is 2.28. The van der Waals surface area contributed by atoms with Crippen molar-refractivity contribution in [2.75, 3.05) is 0 Å². The third kappa shape index (κ3) is 1.80. The lowest BCUT2D eigenvalue weighted by molar-refractivity contribution is 0.418. The van der Waals surface area contributed by atoms with Crippen molar-refractivity contribution in [3.8, 4) is 0 Å². The lowest BCUT2D eigenvalue weighted by atomic mass is 10.0. The highest BCUT2D eigenvalue weighted by Gasteiger charge is 2.17. The number of furan rings is 1. The summed E-state index contributed by atoms with van der Waals surface area (Å²) in [4.78, 5) is 0. The molecule has 0 aliphatic heterocycles. The molecule has 16 heavy (non-hydrogen) atoms. The molecule has 0 fully saturated rings. The normalized spacial score (nSPS) is 13.6. The summed E-state index contributed by atoms with van der Waals surface area (Å²) in [6.45, 7) is 3.88. The van der Waals surface area contributed by atoms with Crippen LogP contribution >= 0.6 is 0 Å². The number of benzene rings is 1. The van der Waals surface area contributed by atoms with Gasteiger partial charge in [0.25, 0.3) is 0 Å². The van der Waals surface area contributed by atoms with Crippen LogP contribution in [0.3, 0.4) is 0 Å². The predicted octanol–water partition coefficient (Wildman–Crippen LogP) is 3.37. The molecule has 1 aromatic carbocycles. The summed E-state index contributed by atoms with van der Waals surface area (Å²) in [6.07, 6.45) is 0. The smallest absolute Gasteiger partial charge is 0.140 e. The molecule has 2 N–H and O–H groups in total. The number of halogens is 2. The van der Waals surface area contributed by atoms with Crippen LogP contribution in [-0.4, -0.2) is 0 Å². The van der Waals surface area contributed by atoms with Crippen LogP contribution in [0.1, 0.15) is 25.6 Å². The molecule has 1 aromatic heterocycles. The molecule has 2 aromatic rings. The van der Waals surface area contributed by atoms with Gasteiger partial charge in [0.15, 0.2) is 0 Å². The Hall–Kier alpha value is -1.42. The summed E-state index contributed by atoms with van der Waals surface area (Å²) < 4.78 is 31.7. The van der Waals surface area contributed by atoms with Gasteiger partial charge in [-0.1, -0.05) is 13.8 Å². The quantitative estimate of drug-likeness (QED) is 0.851. The standard InChI is InChI=1S/C12H13F2NO/c1-6(2)12(15)11-5-8-9(14)3-7(13)4-10(8)16-11/h3-6,12H,15H2,1-2H3. The molecule has 0 radical (unpaired) electrons. The van der Waals surface area contributed by atoms with E-state index in [1.807, 2.05) is 13.8 Å². The molecular formula is C12H13F2NO. The van der Waals surface area contributed by atoms with Crippen molar-refractivity contribution in [1.82, 2.24) is 0 Å². The number of rotatable bonds is 2. The molecule has 1 heterocycles. The maximum atomic E-state index is 13.4. The lowest BCUT2D eigenvalue weighted by Crippen LogP contribution is -2.15. The largest absolute Gasteiger partial charge is 0.459 e. The van der Waals surface area contributed by atoms with Crippen LogP contribution in [0.2, 0.25) is 0 Å². The molecule has 86 valence electrons. The zero-order valence-corrected chi connectivity index (χ0v) is 9.13. The molecule has 2 nitrogen and oxygen atoms in total. The minimum atomic E-state index is -0.649. The number of nitrogens with two attached hydrogens (primary N) is 1. The third-order valence-electron chi connectivity index (χ3n) is 2.62. The molecule has 0 amide bonds. The van der Waals surface area contributed by atoms with Gasteiger partial charge < -0.3 is 10.2 Å². The summed E-state index contributed by atoms with van der Waals surface area (Å²) in [5, 5.41) is 0.271. The monoisotopic (exact) mass is 225 g/mol. The molecule has 0 spiro atoms. The first-order chi connectivity index (χ1) is 7.49. The average Bonchev–Trinajstić information content (AvgIpc) is 2.60. The fourth-order valence-electron chi connectivity index (χ4n) is 1.58. The highest BCUT2D eigenvalue weighted by molar-refractivity contribution is 5.78. The van der Waals surface area contributed by atoms with Gasteiger partial charge in [0.05, 0.1) is 11.4 Å². The lowest BCUT2D eigenvalue weighted by Gasteiger charge is -2.11. The van der Waals surface area contributed by atoms with Crippen molar-refractivity contribution in [2.24, 2.45) is 11.7 Å².